The van der Waals surface area contributed by atoms with E-state index < -0.39 is 5.56 Å². The second-order valence-corrected chi connectivity index (χ2v) is 6.41. The smallest absolute Gasteiger partial charge is 0.242 e. The van der Waals surface area contributed by atoms with E-state index in [4.69, 9.17) is 27.9 Å². The van der Waals surface area contributed by atoms with Gasteiger partial charge in [0.25, 0.3) is 0 Å². The van der Waals surface area contributed by atoms with Gasteiger partial charge >= 0.3 is 0 Å². The van der Waals surface area contributed by atoms with Gasteiger partial charge in [-0.1, -0.05) is 41.4 Å². The van der Waals surface area contributed by atoms with E-state index in [0.717, 1.165) is 16.8 Å². The highest BCUT2D eigenvalue weighted by molar-refractivity contribution is 6.32. The summed E-state index contributed by atoms with van der Waals surface area (Å²) < 4.78 is 7.23. The van der Waals surface area contributed by atoms with Crippen molar-refractivity contribution in [2.24, 2.45) is 4.99 Å². The molecule has 3 heterocycles. The first-order valence-electron chi connectivity index (χ1n) is 7.69. The second kappa shape index (κ2) is 6.45. The Morgan fingerprint density at radius 3 is 2.88 bits per heavy atom. The average Bonchev–Trinajstić information content (AvgIpc) is 3.07. The molecule has 1 aliphatic rings. The number of ether oxygens (including phenoxy) is 1. The van der Waals surface area contributed by atoms with Crippen molar-refractivity contribution in [3.8, 4) is 11.9 Å². The van der Waals surface area contributed by atoms with Gasteiger partial charge in [-0.15, -0.1) is 0 Å². The van der Waals surface area contributed by atoms with Crippen molar-refractivity contribution in [3.63, 3.8) is 0 Å². The number of halogens is 2. The first-order valence-corrected chi connectivity index (χ1v) is 8.50. The zero-order valence-electron chi connectivity index (χ0n) is 13.5. The maximum absolute atomic E-state index is 9.26. The van der Waals surface area contributed by atoms with Gasteiger partial charge in [-0.05, 0) is 24.6 Å². The predicted molar refractivity (Wildman–Crippen MR) is 98.1 cm³/mol. The minimum atomic E-state index is -0.703. The van der Waals surface area contributed by atoms with Crippen LogP contribution in [0.1, 0.15) is 28.1 Å². The molecular formula is C18H11Cl2N5O. The number of para-hydroxylation sites is 1. The largest absolute Gasteiger partial charge is 0.452 e. The van der Waals surface area contributed by atoms with E-state index in [1.807, 2.05) is 31.2 Å². The summed E-state index contributed by atoms with van der Waals surface area (Å²) in [4.78, 5) is 8.85. The van der Waals surface area contributed by atoms with Crippen LogP contribution in [0.4, 0.5) is 5.69 Å². The van der Waals surface area contributed by atoms with Crippen molar-refractivity contribution < 1.29 is 4.74 Å². The molecule has 8 heteroatoms. The number of benzene rings is 1. The first-order chi connectivity index (χ1) is 12.6. The van der Waals surface area contributed by atoms with E-state index >= 15 is 0 Å². The summed E-state index contributed by atoms with van der Waals surface area (Å²) in [6.07, 6.45) is 1.59. The van der Waals surface area contributed by atoms with Crippen molar-refractivity contribution in [1.29, 1.82) is 5.26 Å². The summed E-state index contributed by atoms with van der Waals surface area (Å²) in [5.74, 6) is 0.626. The number of aryl methyl sites for hydroxylation is 1. The molecule has 0 spiro atoms. The van der Waals surface area contributed by atoms with E-state index in [0.29, 0.717) is 16.5 Å². The standard InChI is InChI=1S/C18H11Cl2N5O/c1-10-4-2-5-12-15(10)23-18(26-16(12)20)14-8-11(9-21)24-25(14)17-13(19)6-3-7-22-17/h2-8,16H,1H3. The molecule has 0 radical (unpaired) electrons. The summed E-state index contributed by atoms with van der Waals surface area (Å²) in [6, 6.07) is 12.7. The van der Waals surface area contributed by atoms with Gasteiger partial charge in [0.05, 0.1) is 10.7 Å². The summed E-state index contributed by atoms with van der Waals surface area (Å²) in [5.41, 5.74) is 2.43. The molecule has 0 saturated heterocycles. The lowest BCUT2D eigenvalue weighted by Crippen LogP contribution is -2.18. The van der Waals surface area contributed by atoms with Crippen molar-refractivity contribution in [1.82, 2.24) is 14.8 Å². The van der Waals surface area contributed by atoms with Gasteiger partial charge in [-0.25, -0.2) is 14.7 Å². The summed E-state index contributed by atoms with van der Waals surface area (Å²) in [7, 11) is 0. The molecule has 1 unspecified atom stereocenters. The van der Waals surface area contributed by atoms with Gasteiger partial charge in [-0.3, -0.25) is 0 Å². The Morgan fingerprint density at radius 2 is 2.12 bits per heavy atom. The summed E-state index contributed by atoms with van der Waals surface area (Å²) in [6.45, 7) is 1.95. The van der Waals surface area contributed by atoms with Gasteiger partial charge in [0.15, 0.2) is 11.5 Å². The fourth-order valence-corrected chi connectivity index (χ4v) is 3.17. The molecule has 0 saturated carbocycles. The monoisotopic (exact) mass is 383 g/mol. The SMILES string of the molecule is Cc1cccc2c1N=C(c1cc(C#N)nn1-c1ncccc1Cl)OC2Cl. The van der Waals surface area contributed by atoms with Crippen LogP contribution in [-0.2, 0) is 4.74 Å². The van der Waals surface area contributed by atoms with E-state index in [2.05, 4.69) is 15.1 Å². The number of aromatic nitrogens is 3. The number of nitriles is 1. The Morgan fingerprint density at radius 1 is 1.27 bits per heavy atom. The number of pyridine rings is 1. The Hall–Kier alpha value is -2.88. The summed E-state index contributed by atoms with van der Waals surface area (Å²) in [5, 5.41) is 13.9. The maximum Gasteiger partial charge on any atom is 0.242 e. The normalized spacial score (nSPS) is 15.6. The number of fused-ring (bicyclic) bond motifs is 1. The highest BCUT2D eigenvalue weighted by Crippen LogP contribution is 2.38. The number of aliphatic imine (C=N–C) groups is 1. The van der Waals surface area contributed by atoms with E-state index in [-0.39, 0.29) is 11.6 Å². The fraction of sp³-hybridized carbons (Fsp3) is 0.111. The minimum Gasteiger partial charge on any atom is -0.452 e. The Bertz CT molecular complexity index is 1080. The van der Waals surface area contributed by atoms with E-state index in [1.165, 1.54) is 4.68 Å². The second-order valence-electron chi connectivity index (χ2n) is 5.61. The van der Waals surface area contributed by atoms with Gasteiger partial charge in [-0.2, -0.15) is 10.4 Å². The van der Waals surface area contributed by atoms with Crippen molar-refractivity contribution >= 4 is 34.8 Å². The molecule has 1 aliphatic heterocycles. The number of alkyl halides is 1. The van der Waals surface area contributed by atoms with E-state index in [9.17, 15) is 5.26 Å². The van der Waals surface area contributed by atoms with Crippen molar-refractivity contribution in [3.05, 3.63) is 70.1 Å². The zero-order chi connectivity index (χ0) is 18.3. The molecule has 6 nitrogen and oxygen atoms in total. The van der Waals surface area contributed by atoms with Crippen LogP contribution in [0.3, 0.4) is 0 Å². The molecule has 0 amide bonds. The minimum absolute atomic E-state index is 0.190. The van der Waals surface area contributed by atoms with E-state index in [1.54, 1.807) is 24.4 Å². The third kappa shape index (κ3) is 2.71. The van der Waals surface area contributed by atoms with Crippen LogP contribution in [0.5, 0.6) is 0 Å². The molecular weight excluding hydrogens is 373 g/mol. The molecule has 0 bridgehead atoms. The third-order valence-electron chi connectivity index (χ3n) is 3.92. The first kappa shape index (κ1) is 16.6. The number of nitrogens with zero attached hydrogens (tertiary/aromatic N) is 5. The van der Waals surface area contributed by atoms with Gasteiger partial charge in [0.2, 0.25) is 11.5 Å². The molecule has 0 fully saturated rings. The van der Waals surface area contributed by atoms with Gasteiger partial charge in [0, 0.05) is 17.8 Å². The highest BCUT2D eigenvalue weighted by atomic mass is 35.5. The number of hydrogen-bond donors (Lipinski definition) is 0. The molecule has 0 aliphatic carbocycles. The third-order valence-corrected chi connectivity index (χ3v) is 4.54. The Balaban J connectivity index is 1.92. The van der Waals surface area contributed by atoms with Crippen molar-refractivity contribution in [2.45, 2.75) is 12.5 Å². The number of hydrogen-bond acceptors (Lipinski definition) is 5. The molecule has 0 N–H and O–H groups in total. The highest BCUT2D eigenvalue weighted by Gasteiger charge is 2.27. The lowest BCUT2D eigenvalue weighted by molar-refractivity contribution is 0.268. The maximum atomic E-state index is 9.26. The zero-order valence-corrected chi connectivity index (χ0v) is 15.0. The molecule has 1 aromatic carbocycles. The topological polar surface area (TPSA) is 76.1 Å². The average molecular weight is 384 g/mol. The van der Waals surface area contributed by atoms with Gasteiger partial charge < -0.3 is 4.74 Å². The lowest BCUT2D eigenvalue weighted by Gasteiger charge is -2.22. The quantitative estimate of drug-likeness (QED) is 0.612. The molecule has 2 aromatic heterocycles. The molecule has 1 atom stereocenters. The predicted octanol–water partition coefficient (Wildman–Crippen LogP) is 4.45. The van der Waals surface area contributed by atoms with Crippen LogP contribution < -0.4 is 0 Å². The van der Waals surface area contributed by atoms with Crippen LogP contribution >= 0.6 is 23.2 Å². The molecule has 26 heavy (non-hydrogen) atoms. The van der Waals surface area contributed by atoms with Gasteiger partial charge in [0.1, 0.15) is 11.8 Å². The molecule has 128 valence electrons. The van der Waals surface area contributed by atoms with Crippen molar-refractivity contribution in [2.75, 3.05) is 0 Å². The Kier molecular flexibility index (Phi) is 4.11. The number of rotatable bonds is 2. The van der Waals surface area contributed by atoms with Crippen LogP contribution in [0.15, 0.2) is 47.6 Å². The fourth-order valence-electron chi connectivity index (χ4n) is 2.71. The summed E-state index contributed by atoms with van der Waals surface area (Å²) >= 11 is 12.6. The molecule has 3 aromatic rings. The van der Waals surface area contributed by atoms with Crippen LogP contribution in [0, 0.1) is 18.3 Å². The molecule has 4 rings (SSSR count). The Labute approximate surface area is 159 Å². The van der Waals surface area contributed by atoms with Crippen LogP contribution in [-0.4, -0.2) is 20.7 Å². The van der Waals surface area contributed by atoms with Crippen LogP contribution in [0.25, 0.3) is 5.82 Å². The van der Waals surface area contributed by atoms with Crippen LogP contribution in [0.2, 0.25) is 5.02 Å². The lowest BCUT2D eigenvalue weighted by atomic mass is 10.1.